The Hall–Kier alpha value is -0.800. The van der Waals surface area contributed by atoms with Gasteiger partial charge in [0.05, 0.1) is 6.54 Å². The third-order valence-electron chi connectivity index (χ3n) is 1.20. The number of ketones is 1. The van der Waals surface area contributed by atoms with Crippen molar-refractivity contribution in [2.75, 3.05) is 6.54 Å². The summed E-state index contributed by atoms with van der Waals surface area (Å²) in [6.45, 7) is 1.79. The molecule has 0 aromatic carbocycles. The van der Waals surface area contributed by atoms with Crippen molar-refractivity contribution in [2.24, 2.45) is 5.73 Å². The Morgan fingerprint density at radius 3 is 2.64 bits per heavy atom. The molecule has 4 heteroatoms. The van der Waals surface area contributed by atoms with Crippen LogP contribution in [0.2, 0.25) is 0 Å². The van der Waals surface area contributed by atoms with Crippen LogP contribution in [0.25, 0.3) is 0 Å². The van der Waals surface area contributed by atoms with E-state index >= 15 is 0 Å². The van der Waals surface area contributed by atoms with Gasteiger partial charge in [0, 0.05) is 0 Å². The average Bonchev–Trinajstić information content (AvgIpc) is 2.34. The predicted octanol–water partition coefficient (Wildman–Crippen LogP) is 1.15. The third-order valence-corrected chi connectivity index (χ3v) is 1.20. The van der Waals surface area contributed by atoms with Crippen LogP contribution in [0.5, 0.6) is 0 Å². The second-order valence-corrected chi connectivity index (χ2v) is 2.04. The monoisotopic (exact) mass is 175 g/mol. The Balaban J connectivity index is 0.000001000. The summed E-state index contributed by atoms with van der Waals surface area (Å²) in [5.74, 6) is 0.921. The fourth-order valence-electron chi connectivity index (χ4n) is 0.685. The van der Waals surface area contributed by atoms with Gasteiger partial charge in [-0.05, 0) is 19.1 Å². The summed E-state index contributed by atoms with van der Waals surface area (Å²) in [6.07, 6.45) is 0. The number of carbonyl (C=O) groups excluding carboxylic acids is 1. The van der Waals surface area contributed by atoms with E-state index in [-0.39, 0.29) is 24.7 Å². The van der Waals surface area contributed by atoms with E-state index in [0.29, 0.717) is 5.76 Å². The molecule has 0 aliphatic heterocycles. The molecule has 0 aliphatic carbocycles. The van der Waals surface area contributed by atoms with Gasteiger partial charge in [-0.1, -0.05) is 0 Å². The number of rotatable bonds is 2. The predicted molar refractivity (Wildman–Crippen MR) is 44.1 cm³/mol. The highest BCUT2D eigenvalue weighted by Gasteiger charge is 2.05. The first kappa shape index (κ1) is 10.2. The first-order chi connectivity index (χ1) is 4.74. The van der Waals surface area contributed by atoms with Gasteiger partial charge >= 0.3 is 0 Å². The number of furan rings is 1. The number of carbonyl (C=O) groups is 1. The first-order valence-electron chi connectivity index (χ1n) is 3.03. The van der Waals surface area contributed by atoms with Gasteiger partial charge < -0.3 is 10.2 Å². The number of nitrogens with two attached hydrogens (primary N) is 1. The normalized spacial score (nSPS) is 8.91. The summed E-state index contributed by atoms with van der Waals surface area (Å²) in [5.41, 5.74) is 5.10. The highest BCUT2D eigenvalue weighted by atomic mass is 35.5. The Morgan fingerprint density at radius 1 is 1.64 bits per heavy atom. The highest BCUT2D eigenvalue weighted by molar-refractivity contribution is 5.94. The molecule has 0 amide bonds. The van der Waals surface area contributed by atoms with Crippen molar-refractivity contribution in [3.63, 3.8) is 0 Å². The maximum Gasteiger partial charge on any atom is 0.211 e. The van der Waals surface area contributed by atoms with Crippen LogP contribution in [0.15, 0.2) is 16.5 Å². The molecule has 1 heterocycles. The Bertz CT molecular complexity index is 244. The molecular formula is C7H10ClNO2. The van der Waals surface area contributed by atoms with Crippen LogP contribution < -0.4 is 5.73 Å². The van der Waals surface area contributed by atoms with E-state index in [1.165, 1.54) is 0 Å². The third kappa shape index (κ3) is 2.37. The molecule has 1 aromatic heterocycles. The number of hydrogen-bond acceptors (Lipinski definition) is 3. The number of aryl methyl sites for hydroxylation is 1. The lowest BCUT2D eigenvalue weighted by atomic mass is 10.3. The van der Waals surface area contributed by atoms with Crippen LogP contribution in [-0.4, -0.2) is 12.3 Å². The minimum atomic E-state index is -0.159. The maximum absolute atomic E-state index is 10.8. The molecule has 0 saturated carbocycles. The molecule has 0 bridgehead atoms. The van der Waals surface area contributed by atoms with E-state index < -0.39 is 0 Å². The van der Waals surface area contributed by atoms with E-state index in [9.17, 15) is 4.79 Å². The summed E-state index contributed by atoms with van der Waals surface area (Å²) in [6, 6.07) is 3.37. The van der Waals surface area contributed by atoms with Gasteiger partial charge in [0.1, 0.15) is 5.76 Å². The average molecular weight is 176 g/mol. The van der Waals surface area contributed by atoms with Crippen LogP contribution in [0.3, 0.4) is 0 Å². The minimum absolute atomic E-state index is 0. The van der Waals surface area contributed by atoms with Gasteiger partial charge in [-0.3, -0.25) is 4.79 Å². The number of hydrogen-bond donors (Lipinski definition) is 1. The van der Waals surface area contributed by atoms with Crippen LogP contribution in [-0.2, 0) is 0 Å². The molecule has 11 heavy (non-hydrogen) atoms. The molecule has 1 rings (SSSR count). The van der Waals surface area contributed by atoms with Gasteiger partial charge in [0.2, 0.25) is 5.78 Å². The van der Waals surface area contributed by atoms with Crippen molar-refractivity contribution < 1.29 is 9.21 Å². The topological polar surface area (TPSA) is 56.2 Å². The van der Waals surface area contributed by atoms with Crippen molar-refractivity contribution in [1.82, 2.24) is 0 Å². The van der Waals surface area contributed by atoms with Crippen molar-refractivity contribution in [2.45, 2.75) is 6.92 Å². The lowest BCUT2D eigenvalue weighted by Gasteiger charge is -1.88. The van der Waals surface area contributed by atoms with Crippen LogP contribution in [0.4, 0.5) is 0 Å². The SMILES string of the molecule is Cc1ccc(C(=O)CN)o1.Cl. The van der Waals surface area contributed by atoms with Crippen LogP contribution in [0, 0.1) is 6.92 Å². The molecular weight excluding hydrogens is 166 g/mol. The molecule has 62 valence electrons. The quantitative estimate of drug-likeness (QED) is 0.687. The summed E-state index contributed by atoms with van der Waals surface area (Å²) in [5, 5.41) is 0. The van der Waals surface area contributed by atoms with Gasteiger partial charge in [-0.15, -0.1) is 12.4 Å². The standard InChI is InChI=1S/C7H9NO2.ClH/c1-5-2-3-7(10-5)6(9)4-8;/h2-3H,4,8H2,1H3;1H. The maximum atomic E-state index is 10.8. The second-order valence-electron chi connectivity index (χ2n) is 2.04. The van der Waals surface area contributed by atoms with E-state index in [4.69, 9.17) is 10.2 Å². The zero-order valence-corrected chi connectivity index (χ0v) is 6.98. The lowest BCUT2D eigenvalue weighted by Crippen LogP contribution is -2.12. The van der Waals surface area contributed by atoms with E-state index in [1.807, 2.05) is 0 Å². The Morgan fingerprint density at radius 2 is 2.27 bits per heavy atom. The molecule has 0 atom stereocenters. The Labute approximate surface area is 71.0 Å². The summed E-state index contributed by atoms with van der Waals surface area (Å²) in [7, 11) is 0. The van der Waals surface area contributed by atoms with E-state index in [2.05, 4.69) is 0 Å². The van der Waals surface area contributed by atoms with Crippen molar-refractivity contribution >= 4 is 18.2 Å². The van der Waals surface area contributed by atoms with Crippen molar-refractivity contribution in [1.29, 1.82) is 0 Å². The summed E-state index contributed by atoms with van der Waals surface area (Å²) in [4.78, 5) is 10.8. The fraction of sp³-hybridized carbons (Fsp3) is 0.286. The molecule has 2 N–H and O–H groups in total. The van der Waals surface area contributed by atoms with Gasteiger partial charge in [0.15, 0.2) is 5.76 Å². The molecule has 0 aliphatic rings. The smallest absolute Gasteiger partial charge is 0.211 e. The van der Waals surface area contributed by atoms with Crippen molar-refractivity contribution in [3.8, 4) is 0 Å². The van der Waals surface area contributed by atoms with Gasteiger partial charge in [-0.25, -0.2) is 0 Å². The van der Waals surface area contributed by atoms with Crippen LogP contribution in [0.1, 0.15) is 16.3 Å². The van der Waals surface area contributed by atoms with E-state index in [0.717, 1.165) is 5.76 Å². The summed E-state index contributed by atoms with van der Waals surface area (Å²) < 4.78 is 5.01. The summed E-state index contributed by atoms with van der Waals surface area (Å²) >= 11 is 0. The van der Waals surface area contributed by atoms with Crippen LogP contribution >= 0.6 is 12.4 Å². The number of Topliss-reactive ketones (excluding diaryl/α,β-unsaturated/α-hetero) is 1. The largest absolute Gasteiger partial charge is 0.458 e. The molecule has 0 radical (unpaired) electrons. The van der Waals surface area contributed by atoms with Gasteiger partial charge in [-0.2, -0.15) is 0 Å². The minimum Gasteiger partial charge on any atom is -0.458 e. The fourth-order valence-corrected chi connectivity index (χ4v) is 0.685. The molecule has 1 aromatic rings. The molecule has 0 spiro atoms. The molecule has 0 unspecified atom stereocenters. The van der Waals surface area contributed by atoms with Gasteiger partial charge in [0.25, 0.3) is 0 Å². The first-order valence-corrected chi connectivity index (χ1v) is 3.03. The Kier molecular flexibility index (Phi) is 3.85. The van der Waals surface area contributed by atoms with E-state index in [1.54, 1.807) is 19.1 Å². The molecule has 3 nitrogen and oxygen atoms in total. The zero-order chi connectivity index (χ0) is 7.56. The molecule has 0 saturated heterocycles. The number of halogens is 1. The highest BCUT2D eigenvalue weighted by Crippen LogP contribution is 2.05. The molecule has 0 fully saturated rings. The zero-order valence-electron chi connectivity index (χ0n) is 6.16. The van der Waals surface area contributed by atoms with Crippen molar-refractivity contribution in [3.05, 3.63) is 23.7 Å². The lowest BCUT2D eigenvalue weighted by molar-refractivity contribution is 0.0974. The second kappa shape index (κ2) is 4.16.